The minimum atomic E-state index is 0.717. The Morgan fingerprint density at radius 1 is 1.29 bits per heavy atom. The van der Waals surface area contributed by atoms with Gasteiger partial charge in [-0.05, 0) is 31.0 Å². The molecule has 0 aliphatic rings. The summed E-state index contributed by atoms with van der Waals surface area (Å²) in [6.45, 7) is 4.96. The van der Waals surface area contributed by atoms with E-state index in [1.807, 2.05) is 25.1 Å². The first kappa shape index (κ1) is 13.8. The van der Waals surface area contributed by atoms with E-state index in [2.05, 4.69) is 27.3 Å². The quantitative estimate of drug-likeness (QED) is 0.800. The van der Waals surface area contributed by atoms with Crippen molar-refractivity contribution in [3.63, 3.8) is 0 Å². The van der Waals surface area contributed by atoms with E-state index >= 15 is 0 Å². The molecule has 21 heavy (non-hydrogen) atoms. The van der Waals surface area contributed by atoms with Crippen molar-refractivity contribution in [1.82, 2.24) is 19.7 Å². The summed E-state index contributed by atoms with van der Waals surface area (Å²) in [6, 6.07) is 5.85. The molecule has 0 amide bonds. The van der Waals surface area contributed by atoms with Gasteiger partial charge in [-0.1, -0.05) is 24.6 Å². The molecule has 0 spiro atoms. The molecule has 1 aromatic carbocycles. The topological polar surface area (TPSA) is 55.6 Å². The van der Waals surface area contributed by atoms with Crippen LogP contribution in [0.3, 0.4) is 0 Å². The Kier molecular flexibility index (Phi) is 3.75. The molecule has 2 aromatic heterocycles. The maximum atomic E-state index is 6.20. The molecule has 0 radical (unpaired) electrons. The van der Waals surface area contributed by atoms with Crippen molar-refractivity contribution in [1.29, 1.82) is 0 Å². The Hall–Kier alpha value is -2.14. The van der Waals surface area contributed by atoms with Gasteiger partial charge in [0.1, 0.15) is 12.1 Å². The van der Waals surface area contributed by atoms with Crippen molar-refractivity contribution < 1.29 is 0 Å². The number of anilines is 1. The van der Waals surface area contributed by atoms with Crippen LogP contribution in [0, 0.1) is 6.92 Å². The zero-order valence-corrected chi connectivity index (χ0v) is 12.7. The van der Waals surface area contributed by atoms with Gasteiger partial charge in [-0.2, -0.15) is 5.10 Å². The Morgan fingerprint density at radius 3 is 2.90 bits per heavy atom. The normalized spacial score (nSPS) is 11.0. The van der Waals surface area contributed by atoms with E-state index in [-0.39, 0.29) is 0 Å². The zero-order chi connectivity index (χ0) is 14.8. The van der Waals surface area contributed by atoms with Gasteiger partial charge in [0.15, 0.2) is 5.65 Å². The van der Waals surface area contributed by atoms with Crippen LogP contribution in [-0.2, 0) is 0 Å². The molecular weight excluding hydrogens is 286 g/mol. The molecule has 2 heterocycles. The van der Waals surface area contributed by atoms with E-state index in [1.54, 1.807) is 17.2 Å². The third-order valence-electron chi connectivity index (χ3n) is 3.31. The lowest BCUT2D eigenvalue weighted by atomic mass is 10.2. The zero-order valence-electron chi connectivity index (χ0n) is 12.0. The Labute approximate surface area is 128 Å². The molecule has 5 nitrogen and oxygen atoms in total. The van der Waals surface area contributed by atoms with E-state index < -0.39 is 0 Å². The number of rotatable bonds is 4. The van der Waals surface area contributed by atoms with Gasteiger partial charge in [0, 0.05) is 11.6 Å². The second kappa shape index (κ2) is 5.69. The minimum absolute atomic E-state index is 0.717. The first-order chi connectivity index (χ1) is 10.2. The van der Waals surface area contributed by atoms with Crippen LogP contribution in [0.15, 0.2) is 30.7 Å². The van der Waals surface area contributed by atoms with Crippen molar-refractivity contribution in [2.45, 2.75) is 20.3 Å². The van der Waals surface area contributed by atoms with Crippen LogP contribution < -0.4 is 5.32 Å². The predicted octanol–water partition coefficient (Wildman–Crippen LogP) is 3.60. The highest BCUT2D eigenvalue weighted by molar-refractivity contribution is 6.31. The highest BCUT2D eigenvalue weighted by atomic mass is 35.5. The lowest BCUT2D eigenvalue weighted by Gasteiger charge is -2.06. The number of hydrogen-bond donors (Lipinski definition) is 1. The van der Waals surface area contributed by atoms with Gasteiger partial charge in [0.2, 0.25) is 0 Å². The maximum absolute atomic E-state index is 6.20. The highest BCUT2D eigenvalue weighted by Gasteiger charge is 2.11. The van der Waals surface area contributed by atoms with E-state index in [9.17, 15) is 0 Å². The average Bonchev–Trinajstić information content (AvgIpc) is 2.92. The second-order valence-corrected chi connectivity index (χ2v) is 5.28. The number of fused-ring (bicyclic) bond motifs is 1. The van der Waals surface area contributed by atoms with Crippen molar-refractivity contribution in [2.75, 3.05) is 11.9 Å². The third kappa shape index (κ3) is 2.56. The monoisotopic (exact) mass is 301 g/mol. The molecule has 0 atom stereocenters. The molecule has 0 aliphatic heterocycles. The number of nitrogens with one attached hydrogen (secondary N) is 1. The smallest absolute Gasteiger partial charge is 0.168 e. The predicted molar refractivity (Wildman–Crippen MR) is 85.2 cm³/mol. The van der Waals surface area contributed by atoms with Crippen LogP contribution >= 0.6 is 11.6 Å². The van der Waals surface area contributed by atoms with Gasteiger partial charge >= 0.3 is 0 Å². The summed E-state index contributed by atoms with van der Waals surface area (Å²) < 4.78 is 1.78. The molecule has 0 aliphatic carbocycles. The molecule has 6 heteroatoms. The fourth-order valence-electron chi connectivity index (χ4n) is 2.13. The molecule has 0 bridgehead atoms. The molecule has 0 saturated carbocycles. The first-order valence-electron chi connectivity index (χ1n) is 6.90. The van der Waals surface area contributed by atoms with Crippen molar-refractivity contribution in [2.24, 2.45) is 0 Å². The maximum Gasteiger partial charge on any atom is 0.168 e. The standard InChI is InChI=1S/C15H16ClN5/c1-3-6-17-14-12-8-20-21(15(12)19-9-18-14)11-5-4-10(2)13(16)7-11/h4-5,7-9H,3,6H2,1-2H3,(H,17,18,19). The summed E-state index contributed by atoms with van der Waals surface area (Å²) >= 11 is 6.20. The Morgan fingerprint density at radius 2 is 2.14 bits per heavy atom. The molecule has 0 unspecified atom stereocenters. The van der Waals surface area contributed by atoms with Crippen LogP contribution in [0.25, 0.3) is 16.7 Å². The van der Waals surface area contributed by atoms with Gasteiger partial charge in [0.25, 0.3) is 0 Å². The number of nitrogens with zero attached hydrogens (tertiary/aromatic N) is 4. The van der Waals surface area contributed by atoms with Crippen LogP contribution in [0.2, 0.25) is 5.02 Å². The lowest BCUT2D eigenvalue weighted by Crippen LogP contribution is -2.03. The fourth-order valence-corrected chi connectivity index (χ4v) is 2.31. The van der Waals surface area contributed by atoms with Crippen LogP contribution in [0.1, 0.15) is 18.9 Å². The largest absolute Gasteiger partial charge is 0.369 e. The second-order valence-electron chi connectivity index (χ2n) is 4.88. The number of aromatic nitrogens is 4. The number of hydrogen-bond acceptors (Lipinski definition) is 4. The molecule has 0 fully saturated rings. The van der Waals surface area contributed by atoms with E-state index in [1.165, 1.54) is 0 Å². The number of aryl methyl sites for hydroxylation is 1. The van der Waals surface area contributed by atoms with E-state index in [0.29, 0.717) is 0 Å². The van der Waals surface area contributed by atoms with Crippen molar-refractivity contribution >= 4 is 28.5 Å². The van der Waals surface area contributed by atoms with E-state index in [0.717, 1.165) is 46.1 Å². The van der Waals surface area contributed by atoms with Gasteiger partial charge in [-0.15, -0.1) is 0 Å². The summed E-state index contributed by atoms with van der Waals surface area (Å²) in [7, 11) is 0. The molecule has 1 N–H and O–H groups in total. The first-order valence-corrected chi connectivity index (χ1v) is 7.27. The average molecular weight is 302 g/mol. The summed E-state index contributed by atoms with van der Waals surface area (Å²) in [4.78, 5) is 8.63. The van der Waals surface area contributed by atoms with Gasteiger partial charge in [0.05, 0.1) is 17.3 Å². The summed E-state index contributed by atoms with van der Waals surface area (Å²) in [5, 5.41) is 9.34. The van der Waals surface area contributed by atoms with E-state index in [4.69, 9.17) is 11.6 Å². The Balaban J connectivity index is 2.09. The molecule has 3 rings (SSSR count). The minimum Gasteiger partial charge on any atom is -0.369 e. The van der Waals surface area contributed by atoms with Gasteiger partial charge < -0.3 is 5.32 Å². The molecule has 3 aromatic rings. The van der Waals surface area contributed by atoms with Crippen molar-refractivity contribution in [3.8, 4) is 5.69 Å². The van der Waals surface area contributed by atoms with Gasteiger partial charge in [-0.25, -0.2) is 14.6 Å². The SMILES string of the molecule is CCCNc1ncnc2c1cnn2-c1ccc(C)c(Cl)c1. The highest BCUT2D eigenvalue weighted by Crippen LogP contribution is 2.24. The third-order valence-corrected chi connectivity index (χ3v) is 3.72. The summed E-state index contributed by atoms with van der Waals surface area (Å²) in [5.41, 5.74) is 2.70. The number of halogens is 1. The molecule has 108 valence electrons. The van der Waals surface area contributed by atoms with Crippen molar-refractivity contribution in [3.05, 3.63) is 41.3 Å². The van der Waals surface area contributed by atoms with Gasteiger partial charge in [-0.3, -0.25) is 0 Å². The van der Waals surface area contributed by atoms with Crippen LogP contribution in [0.5, 0.6) is 0 Å². The molecule has 0 saturated heterocycles. The lowest BCUT2D eigenvalue weighted by molar-refractivity contribution is 0.894. The Bertz CT molecular complexity index is 781. The molecular formula is C15H16ClN5. The fraction of sp³-hybridized carbons (Fsp3) is 0.267. The summed E-state index contributed by atoms with van der Waals surface area (Å²) in [5.74, 6) is 0.811. The number of benzene rings is 1. The summed E-state index contributed by atoms with van der Waals surface area (Å²) in [6.07, 6.45) is 4.36. The van der Waals surface area contributed by atoms with Crippen LogP contribution in [-0.4, -0.2) is 26.3 Å². The van der Waals surface area contributed by atoms with Crippen LogP contribution in [0.4, 0.5) is 5.82 Å².